The average Bonchev–Trinajstić information content (AvgIpc) is 2.39. The summed E-state index contributed by atoms with van der Waals surface area (Å²) in [7, 11) is 0. The summed E-state index contributed by atoms with van der Waals surface area (Å²) in [6, 6.07) is 0.299. The second kappa shape index (κ2) is 6.12. The predicted molar refractivity (Wildman–Crippen MR) is 78.2 cm³/mol. The second-order valence-corrected chi connectivity index (χ2v) is 6.98. The van der Waals surface area contributed by atoms with E-state index >= 15 is 0 Å². The van der Waals surface area contributed by atoms with E-state index in [9.17, 15) is 9.59 Å². The van der Waals surface area contributed by atoms with Crippen molar-refractivity contribution in [2.45, 2.75) is 58.5 Å². The highest BCUT2D eigenvalue weighted by molar-refractivity contribution is 5.82. The van der Waals surface area contributed by atoms with Crippen LogP contribution in [0.15, 0.2) is 0 Å². The Morgan fingerprint density at radius 2 is 1.90 bits per heavy atom. The van der Waals surface area contributed by atoms with Gasteiger partial charge in [-0.05, 0) is 25.7 Å². The first kappa shape index (κ1) is 15.3. The van der Waals surface area contributed by atoms with E-state index in [0.717, 1.165) is 45.3 Å². The fraction of sp³-hybridized carbons (Fsp3) is 0.867. The van der Waals surface area contributed by atoms with E-state index in [4.69, 9.17) is 0 Å². The van der Waals surface area contributed by atoms with Gasteiger partial charge in [-0.1, -0.05) is 20.8 Å². The lowest BCUT2D eigenvalue weighted by Gasteiger charge is -2.39. The van der Waals surface area contributed by atoms with E-state index in [0.29, 0.717) is 0 Å². The summed E-state index contributed by atoms with van der Waals surface area (Å²) in [6.45, 7) is 8.41. The van der Waals surface area contributed by atoms with Crippen LogP contribution in [0.4, 0.5) is 0 Å². The first-order valence-electron chi connectivity index (χ1n) is 7.70. The van der Waals surface area contributed by atoms with Crippen molar-refractivity contribution in [3.05, 3.63) is 0 Å². The highest BCUT2D eigenvalue weighted by Crippen LogP contribution is 2.20. The number of rotatable bonds is 2. The molecule has 2 saturated heterocycles. The van der Waals surface area contributed by atoms with Crippen molar-refractivity contribution >= 4 is 11.8 Å². The molecule has 1 unspecified atom stereocenters. The minimum atomic E-state index is -0.333. The smallest absolute Gasteiger partial charge is 0.237 e. The maximum Gasteiger partial charge on any atom is 0.237 e. The molecule has 0 aromatic heterocycles. The van der Waals surface area contributed by atoms with E-state index < -0.39 is 0 Å². The molecule has 0 aromatic rings. The molecule has 0 radical (unpaired) electrons. The number of carbonyl (C=O) groups is 2. The Labute approximate surface area is 121 Å². The van der Waals surface area contributed by atoms with Crippen LogP contribution in [0, 0.1) is 5.41 Å². The van der Waals surface area contributed by atoms with Crippen LogP contribution >= 0.6 is 0 Å². The molecule has 0 spiro atoms. The lowest BCUT2D eigenvalue weighted by Crippen LogP contribution is -2.55. The van der Waals surface area contributed by atoms with Gasteiger partial charge in [0, 0.05) is 31.1 Å². The van der Waals surface area contributed by atoms with Gasteiger partial charge in [-0.15, -0.1) is 0 Å². The zero-order valence-corrected chi connectivity index (χ0v) is 12.9. The molecular weight excluding hydrogens is 254 g/mol. The van der Waals surface area contributed by atoms with Gasteiger partial charge >= 0.3 is 0 Å². The molecule has 20 heavy (non-hydrogen) atoms. The maximum atomic E-state index is 12.0. The third-order valence-corrected chi connectivity index (χ3v) is 4.24. The van der Waals surface area contributed by atoms with Crippen LogP contribution in [0.25, 0.3) is 0 Å². The third kappa shape index (κ3) is 3.72. The van der Waals surface area contributed by atoms with Gasteiger partial charge in [0.2, 0.25) is 11.8 Å². The number of nitrogens with zero attached hydrogens (tertiary/aromatic N) is 1. The monoisotopic (exact) mass is 281 g/mol. The number of amides is 2. The third-order valence-electron chi connectivity index (χ3n) is 4.24. The van der Waals surface area contributed by atoms with Crippen molar-refractivity contribution in [2.75, 3.05) is 19.6 Å². The Bertz CT molecular complexity index is 368. The van der Waals surface area contributed by atoms with Crippen LogP contribution in [0.3, 0.4) is 0 Å². The van der Waals surface area contributed by atoms with Crippen molar-refractivity contribution in [3.8, 4) is 0 Å². The topological polar surface area (TPSA) is 61.4 Å². The number of nitrogens with one attached hydrogen (secondary N) is 2. The highest BCUT2D eigenvalue weighted by Gasteiger charge is 2.32. The van der Waals surface area contributed by atoms with Crippen LogP contribution in [0.5, 0.6) is 0 Å². The Balaban J connectivity index is 1.80. The summed E-state index contributed by atoms with van der Waals surface area (Å²) in [5, 5.41) is 6.07. The van der Waals surface area contributed by atoms with E-state index in [1.807, 2.05) is 20.8 Å². The highest BCUT2D eigenvalue weighted by atomic mass is 16.2. The van der Waals surface area contributed by atoms with Gasteiger partial charge in [-0.2, -0.15) is 0 Å². The Kier molecular flexibility index (Phi) is 4.68. The summed E-state index contributed by atoms with van der Waals surface area (Å²) >= 11 is 0. The van der Waals surface area contributed by atoms with Gasteiger partial charge in [-0.3, -0.25) is 14.5 Å². The van der Waals surface area contributed by atoms with Crippen molar-refractivity contribution in [1.82, 2.24) is 15.5 Å². The van der Waals surface area contributed by atoms with Gasteiger partial charge < -0.3 is 10.6 Å². The zero-order chi connectivity index (χ0) is 14.8. The largest absolute Gasteiger partial charge is 0.355 e. The molecule has 0 aliphatic carbocycles. The summed E-state index contributed by atoms with van der Waals surface area (Å²) in [5.41, 5.74) is -0.333. The van der Waals surface area contributed by atoms with Crippen LogP contribution in [-0.4, -0.2) is 48.4 Å². The van der Waals surface area contributed by atoms with Gasteiger partial charge in [-0.25, -0.2) is 0 Å². The molecule has 2 N–H and O–H groups in total. The molecule has 2 amide bonds. The van der Waals surface area contributed by atoms with Gasteiger partial charge in [0.15, 0.2) is 0 Å². The quantitative estimate of drug-likeness (QED) is 0.790. The number of hydrogen-bond donors (Lipinski definition) is 2. The first-order chi connectivity index (χ1) is 9.38. The molecule has 2 aliphatic rings. The van der Waals surface area contributed by atoms with Crippen molar-refractivity contribution in [1.29, 1.82) is 0 Å². The molecule has 2 aliphatic heterocycles. The molecule has 0 saturated carbocycles. The second-order valence-electron chi connectivity index (χ2n) is 6.98. The fourth-order valence-corrected chi connectivity index (χ4v) is 2.86. The summed E-state index contributed by atoms with van der Waals surface area (Å²) in [5.74, 6) is 0.291. The van der Waals surface area contributed by atoms with Crippen LogP contribution < -0.4 is 10.6 Å². The Morgan fingerprint density at radius 1 is 1.25 bits per heavy atom. The zero-order valence-electron chi connectivity index (χ0n) is 12.9. The standard InChI is InChI=1S/C15H27N3O2/c1-15(2,3)14(20)17-11-6-9-18(10-7-11)12-5-4-8-16-13(12)19/h11-12H,4-10H2,1-3H3,(H,16,19)(H,17,20). The number of piperidine rings is 2. The summed E-state index contributed by atoms with van der Waals surface area (Å²) in [6.07, 6.45) is 3.90. The predicted octanol–water partition coefficient (Wildman–Crippen LogP) is 0.892. The molecule has 114 valence electrons. The maximum absolute atomic E-state index is 12.0. The van der Waals surface area contributed by atoms with Crippen LogP contribution in [0.2, 0.25) is 0 Å². The van der Waals surface area contributed by atoms with Gasteiger partial charge in [0.05, 0.1) is 6.04 Å². The first-order valence-corrected chi connectivity index (χ1v) is 7.70. The minimum Gasteiger partial charge on any atom is -0.355 e. The number of carbonyl (C=O) groups excluding carboxylic acids is 2. The lowest BCUT2D eigenvalue weighted by molar-refractivity contribution is -0.131. The Morgan fingerprint density at radius 3 is 2.45 bits per heavy atom. The minimum absolute atomic E-state index is 0.0445. The van der Waals surface area contributed by atoms with E-state index in [1.54, 1.807) is 0 Å². The van der Waals surface area contributed by atoms with Gasteiger partial charge in [0.1, 0.15) is 0 Å². The van der Waals surface area contributed by atoms with Crippen LogP contribution in [-0.2, 0) is 9.59 Å². The molecule has 0 bridgehead atoms. The van der Waals surface area contributed by atoms with Gasteiger partial charge in [0.25, 0.3) is 0 Å². The molecule has 2 heterocycles. The summed E-state index contributed by atoms with van der Waals surface area (Å²) in [4.78, 5) is 26.1. The molecule has 2 rings (SSSR count). The van der Waals surface area contributed by atoms with Crippen molar-refractivity contribution < 1.29 is 9.59 Å². The Hall–Kier alpha value is -1.10. The molecule has 5 heteroatoms. The van der Waals surface area contributed by atoms with E-state index in [1.165, 1.54) is 0 Å². The lowest BCUT2D eigenvalue weighted by atomic mass is 9.93. The van der Waals surface area contributed by atoms with Crippen molar-refractivity contribution in [2.24, 2.45) is 5.41 Å². The van der Waals surface area contributed by atoms with Crippen molar-refractivity contribution in [3.63, 3.8) is 0 Å². The molecule has 5 nitrogen and oxygen atoms in total. The number of hydrogen-bond acceptors (Lipinski definition) is 3. The molecule has 0 aromatic carbocycles. The normalized spacial score (nSPS) is 26.1. The number of likely N-dealkylation sites (tertiary alicyclic amines) is 1. The summed E-state index contributed by atoms with van der Waals surface area (Å²) < 4.78 is 0. The van der Waals surface area contributed by atoms with E-state index in [2.05, 4.69) is 15.5 Å². The fourth-order valence-electron chi connectivity index (χ4n) is 2.86. The SMILES string of the molecule is CC(C)(C)C(=O)NC1CCN(C2CCCNC2=O)CC1. The molecular formula is C15H27N3O2. The van der Waals surface area contributed by atoms with E-state index in [-0.39, 0.29) is 29.3 Å². The molecule has 1 atom stereocenters. The molecule has 2 fully saturated rings. The average molecular weight is 281 g/mol. The van der Waals surface area contributed by atoms with Crippen LogP contribution in [0.1, 0.15) is 46.5 Å².